The van der Waals surface area contributed by atoms with Gasteiger partial charge in [0.2, 0.25) is 23.5 Å². The highest BCUT2D eigenvalue weighted by molar-refractivity contribution is 5.55. The Balaban J connectivity index is 1.51. The topological polar surface area (TPSA) is 87.1 Å². The summed E-state index contributed by atoms with van der Waals surface area (Å²) in [6.45, 7) is 0. The SMILES string of the molecule is COc1ccc(-c2noc(Cc3nnc(-c4cccc(F)c4)o3)n2)cc1. The largest absolute Gasteiger partial charge is 0.497 e. The number of nitrogens with zero attached hydrogens (tertiary/aromatic N) is 4. The molecular formula is C18H13FN4O3. The Labute approximate surface area is 147 Å². The predicted molar refractivity (Wildman–Crippen MR) is 88.8 cm³/mol. The van der Waals surface area contributed by atoms with Crippen LogP contribution in [0.4, 0.5) is 4.39 Å². The summed E-state index contributed by atoms with van der Waals surface area (Å²) in [5.41, 5.74) is 1.31. The molecule has 4 rings (SSSR count). The summed E-state index contributed by atoms with van der Waals surface area (Å²) in [6.07, 6.45) is 0.186. The molecule has 130 valence electrons. The van der Waals surface area contributed by atoms with Gasteiger partial charge < -0.3 is 13.7 Å². The number of methoxy groups -OCH3 is 1. The van der Waals surface area contributed by atoms with Gasteiger partial charge in [-0.3, -0.25) is 0 Å². The zero-order valence-corrected chi connectivity index (χ0v) is 13.7. The van der Waals surface area contributed by atoms with Crippen molar-refractivity contribution in [2.75, 3.05) is 7.11 Å². The highest BCUT2D eigenvalue weighted by Gasteiger charge is 2.14. The minimum Gasteiger partial charge on any atom is -0.497 e. The number of aromatic nitrogens is 4. The minimum absolute atomic E-state index is 0.186. The van der Waals surface area contributed by atoms with Crippen LogP contribution in [0.3, 0.4) is 0 Å². The number of hydrogen-bond acceptors (Lipinski definition) is 7. The van der Waals surface area contributed by atoms with E-state index in [4.69, 9.17) is 13.7 Å². The molecule has 0 amide bonds. The van der Waals surface area contributed by atoms with E-state index in [0.717, 1.165) is 11.3 Å². The van der Waals surface area contributed by atoms with Crippen LogP contribution < -0.4 is 4.74 Å². The number of ether oxygens (including phenoxy) is 1. The van der Waals surface area contributed by atoms with Crippen LogP contribution in [0.15, 0.2) is 57.5 Å². The zero-order chi connectivity index (χ0) is 17.9. The quantitative estimate of drug-likeness (QED) is 0.543. The molecule has 0 aliphatic rings. The van der Waals surface area contributed by atoms with E-state index in [-0.39, 0.29) is 18.1 Å². The van der Waals surface area contributed by atoms with Crippen molar-refractivity contribution < 1.29 is 18.1 Å². The smallest absolute Gasteiger partial charge is 0.247 e. The average molecular weight is 352 g/mol. The van der Waals surface area contributed by atoms with Gasteiger partial charge in [-0.05, 0) is 42.5 Å². The predicted octanol–water partition coefficient (Wildman–Crippen LogP) is 3.53. The summed E-state index contributed by atoms with van der Waals surface area (Å²) in [5, 5.41) is 11.8. The third kappa shape index (κ3) is 3.30. The molecular weight excluding hydrogens is 339 g/mol. The maximum Gasteiger partial charge on any atom is 0.247 e. The first-order chi connectivity index (χ1) is 12.7. The summed E-state index contributed by atoms with van der Waals surface area (Å²) in [5.74, 6) is 1.69. The van der Waals surface area contributed by atoms with Crippen molar-refractivity contribution in [1.29, 1.82) is 0 Å². The summed E-state index contributed by atoms with van der Waals surface area (Å²) in [7, 11) is 1.60. The Morgan fingerprint density at radius 2 is 1.85 bits per heavy atom. The van der Waals surface area contributed by atoms with Gasteiger partial charge in [0, 0.05) is 11.1 Å². The van der Waals surface area contributed by atoms with Crippen molar-refractivity contribution >= 4 is 0 Å². The fourth-order valence-corrected chi connectivity index (χ4v) is 2.38. The first-order valence-electron chi connectivity index (χ1n) is 7.76. The van der Waals surface area contributed by atoms with E-state index in [0.29, 0.717) is 23.2 Å². The summed E-state index contributed by atoms with van der Waals surface area (Å²) < 4.78 is 29.2. The van der Waals surface area contributed by atoms with Gasteiger partial charge in [0.25, 0.3) is 0 Å². The number of halogens is 1. The van der Waals surface area contributed by atoms with E-state index in [1.807, 2.05) is 24.3 Å². The number of hydrogen-bond donors (Lipinski definition) is 0. The van der Waals surface area contributed by atoms with Crippen LogP contribution in [0.2, 0.25) is 0 Å². The average Bonchev–Trinajstić information content (AvgIpc) is 3.32. The molecule has 7 nitrogen and oxygen atoms in total. The summed E-state index contributed by atoms with van der Waals surface area (Å²) in [6, 6.07) is 13.2. The van der Waals surface area contributed by atoms with E-state index in [2.05, 4.69) is 20.3 Å². The molecule has 0 fully saturated rings. The zero-order valence-electron chi connectivity index (χ0n) is 13.7. The van der Waals surface area contributed by atoms with E-state index in [9.17, 15) is 4.39 Å². The van der Waals surface area contributed by atoms with Gasteiger partial charge in [-0.25, -0.2) is 4.39 Å². The number of rotatable bonds is 5. The molecule has 0 N–H and O–H groups in total. The fourth-order valence-electron chi connectivity index (χ4n) is 2.38. The van der Waals surface area contributed by atoms with Crippen LogP contribution in [0, 0.1) is 5.82 Å². The molecule has 0 aliphatic heterocycles. The van der Waals surface area contributed by atoms with Gasteiger partial charge in [0.1, 0.15) is 18.0 Å². The molecule has 8 heteroatoms. The van der Waals surface area contributed by atoms with Gasteiger partial charge >= 0.3 is 0 Å². The lowest BCUT2D eigenvalue weighted by atomic mass is 10.2. The molecule has 2 heterocycles. The normalized spacial score (nSPS) is 10.8. The molecule has 0 saturated heterocycles. The second-order valence-corrected chi connectivity index (χ2v) is 5.43. The fraction of sp³-hybridized carbons (Fsp3) is 0.111. The molecule has 26 heavy (non-hydrogen) atoms. The lowest BCUT2D eigenvalue weighted by molar-refractivity contribution is 0.374. The van der Waals surface area contributed by atoms with E-state index < -0.39 is 0 Å². The molecule has 0 bridgehead atoms. The summed E-state index contributed by atoms with van der Waals surface area (Å²) in [4.78, 5) is 4.32. The molecule has 0 unspecified atom stereocenters. The lowest BCUT2D eigenvalue weighted by Gasteiger charge is -1.98. The Morgan fingerprint density at radius 3 is 2.62 bits per heavy atom. The second kappa shape index (κ2) is 6.75. The van der Waals surface area contributed by atoms with Gasteiger partial charge in [-0.15, -0.1) is 10.2 Å². The van der Waals surface area contributed by atoms with Crippen LogP contribution in [-0.2, 0) is 6.42 Å². The first kappa shape index (κ1) is 15.9. The maximum absolute atomic E-state index is 13.3. The van der Waals surface area contributed by atoms with Crippen LogP contribution in [-0.4, -0.2) is 27.4 Å². The molecule has 0 spiro atoms. The molecule has 0 aliphatic carbocycles. The third-order valence-corrected chi connectivity index (χ3v) is 3.66. The highest BCUT2D eigenvalue weighted by Crippen LogP contribution is 2.22. The van der Waals surface area contributed by atoms with Crippen molar-refractivity contribution in [2.24, 2.45) is 0 Å². The minimum atomic E-state index is -0.372. The molecule has 0 radical (unpaired) electrons. The van der Waals surface area contributed by atoms with E-state index >= 15 is 0 Å². The number of benzene rings is 2. The van der Waals surface area contributed by atoms with Crippen molar-refractivity contribution in [3.63, 3.8) is 0 Å². The van der Waals surface area contributed by atoms with Crippen molar-refractivity contribution in [3.8, 4) is 28.6 Å². The Kier molecular flexibility index (Phi) is 4.14. The molecule has 0 saturated carbocycles. The van der Waals surface area contributed by atoms with Crippen molar-refractivity contribution in [2.45, 2.75) is 6.42 Å². The second-order valence-electron chi connectivity index (χ2n) is 5.43. The van der Waals surface area contributed by atoms with Crippen LogP contribution in [0.5, 0.6) is 5.75 Å². The molecule has 4 aromatic rings. The maximum atomic E-state index is 13.3. The van der Waals surface area contributed by atoms with Gasteiger partial charge in [0.05, 0.1) is 7.11 Å². The van der Waals surface area contributed by atoms with Crippen molar-refractivity contribution in [3.05, 3.63) is 66.1 Å². The standard InChI is InChI=1S/C18H13FN4O3/c1-24-14-7-5-11(6-8-14)17-20-15(26-23-17)10-16-21-22-18(25-16)12-3-2-4-13(19)9-12/h2-9H,10H2,1H3. The van der Waals surface area contributed by atoms with Gasteiger partial charge in [-0.2, -0.15) is 4.98 Å². The Bertz CT molecular complexity index is 1030. The van der Waals surface area contributed by atoms with Crippen molar-refractivity contribution in [1.82, 2.24) is 20.3 Å². The Hall–Kier alpha value is -3.55. The van der Waals surface area contributed by atoms with E-state index in [1.54, 1.807) is 19.2 Å². The Morgan fingerprint density at radius 1 is 1.00 bits per heavy atom. The van der Waals surface area contributed by atoms with Crippen LogP contribution in [0.25, 0.3) is 22.8 Å². The van der Waals surface area contributed by atoms with Gasteiger partial charge in [0.15, 0.2) is 0 Å². The third-order valence-electron chi connectivity index (χ3n) is 3.66. The lowest BCUT2D eigenvalue weighted by Crippen LogP contribution is -1.89. The van der Waals surface area contributed by atoms with Crippen LogP contribution >= 0.6 is 0 Å². The van der Waals surface area contributed by atoms with E-state index in [1.165, 1.54) is 12.1 Å². The summed E-state index contributed by atoms with van der Waals surface area (Å²) >= 11 is 0. The monoisotopic (exact) mass is 352 g/mol. The first-order valence-corrected chi connectivity index (χ1v) is 7.76. The molecule has 0 atom stereocenters. The highest BCUT2D eigenvalue weighted by atomic mass is 19.1. The van der Waals surface area contributed by atoms with Crippen LogP contribution in [0.1, 0.15) is 11.8 Å². The molecule has 2 aromatic heterocycles. The van der Waals surface area contributed by atoms with Gasteiger partial charge in [-0.1, -0.05) is 11.2 Å². The molecule has 2 aromatic carbocycles.